The molecule has 0 saturated carbocycles. The molecule has 6 heteroatoms. The molecule has 0 spiro atoms. The molecule has 128 valence electrons. The average Bonchev–Trinajstić information content (AvgIpc) is 2.64. The highest BCUT2D eigenvalue weighted by Crippen LogP contribution is 2.32. The molecular formula is C19H16ClNO4. The third-order valence-electron chi connectivity index (χ3n) is 3.29. The molecule has 0 N–H and O–H groups in total. The van der Waals surface area contributed by atoms with Gasteiger partial charge in [-0.3, -0.25) is 0 Å². The Morgan fingerprint density at radius 2 is 2.12 bits per heavy atom. The van der Waals surface area contributed by atoms with Crippen LogP contribution in [0.3, 0.4) is 0 Å². The second-order valence-electron chi connectivity index (χ2n) is 4.91. The van der Waals surface area contributed by atoms with Gasteiger partial charge in [-0.15, -0.1) is 0 Å². The smallest absolute Gasteiger partial charge is 0.351 e. The molecule has 0 amide bonds. The zero-order chi connectivity index (χ0) is 18.2. The number of methoxy groups -OCH3 is 1. The summed E-state index contributed by atoms with van der Waals surface area (Å²) in [5.41, 5.74) is 0.698. The summed E-state index contributed by atoms with van der Waals surface area (Å²) in [6, 6.07) is 13.5. The van der Waals surface area contributed by atoms with Gasteiger partial charge in [-0.2, -0.15) is 5.26 Å². The van der Waals surface area contributed by atoms with Gasteiger partial charge in [0, 0.05) is 16.7 Å². The summed E-state index contributed by atoms with van der Waals surface area (Å²) in [6.07, 6.45) is 0.486. The van der Waals surface area contributed by atoms with Gasteiger partial charge in [-0.05, 0) is 18.2 Å². The van der Waals surface area contributed by atoms with Crippen molar-refractivity contribution >= 4 is 17.6 Å². The summed E-state index contributed by atoms with van der Waals surface area (Å²) >= 11 is 6.17. The molecule has 0 aliphatic rings. The molecule has 1 atom stereocenters. The Labute approximate surface area is 151 Å². The van der Waals surface area contributed by atoms with Gasteiger partial charge in [0.1, 0.15) is 24.2 Å². The molecule has 0 radical (unpaired) electrons. The van der Waals surface area contributed by atoms with E-state index in [9.17, 15) is 10.1 Å². The topological polar surface area (TPSA) is 68.5 Å². The third-order valence-corrected chi connectivity index (χ3v) is 3.63. The van der Waals surface area contributed by atoms with E-state index in [0.29, 0.717) is 22.9 Å². The fraction of sp³-hybridized carbons (Fsp3) is 0.158. The van der Waals surface area contributed by atoms with Crippen molar-refractivity contribution in [2.45, 2.75) is 6.10 Å². The van der Waals surface area contributed by atoms with E-state index < -0.39 is 12.1 Å². The van der Waals surface area contributed by atoms with Gasteiger partial charge < -0.3 is 14.2 Å². The number of rotatable bonds is 7. The van der Waals surface area contributed by atoms with Crippen molar-refractivity contribution in [2.24, 2.45) is 0 Å². The molecule has 0 aliphatic heterocycles. The Morgan fingerprint density at radius 3 is 2.76 bits per heavy atom. The molecule has 2 aromatic carbocycles. The Balaban J connectivity index is 2.41. The van der Waals surface area contributed by atoms with E-state index in [4.69, 9.17) is 25.8 Å². The van der Waals surface area contributed by atoms with E-state index in [2.05, 4.69) is 6.58 Å². The zero-order valence-corrected chi connectivity index (χ0v) is 14.3. The lowest BCUT2D eigenvalue weighted by Gasteiger charge is -2.19. The number of nitrogens with zero attached hydrogens (tertiary/aromatic N) is 1. The van der Waals surface area contributed by atoms with Gasteiger partial charge in [0.25, 0.3) is 0 Å². The number of hydrogen-bond acceptors (Lipinski definition) is 5. The van der Waals surface area contributed by atoms with Crippen molar-refractivity contribution in [3.05, 3.63) is 71.3 Å². The molecule has 0 bridgehead atoms. The third kappa shape index (κ3) is 4.52. The van der Waals surface area contributed by atoms with E-state index in [1.165, 1.54) is 13.2 Å². The van der Waals surface area contributed by atoms with E-state index in [1.807, 2.05) is 6.07 Å². The summed E-state index contributed by atoms with van der Waals surface area (Å²) in [5, 5.41) is 9.65. The first-order valence-corrected chi connectivity index (χ1v) is 7.75. The molecule has 25 heavy (non-hydrogen) atoms. The SMILES string of the molecule is C=CCOc1ccc(C#N)c(OC(C(=O)OC)c2ccccc2Cl)c1. The van der Waals surface area contributed by atoms with Gasteiger partial charge in [-0.25, -0.2) is 4.79 Å². The minimum Gasteiger partial charge on any atom is -0.489 e. The van der Waals surface area contributed by atoms with Crippen molar-refractivity contribution in [1.29, 1.82) is 5.26 Å². The summed E-state index contributed by atoms with van der Waals surface area (Å²) in [5.74, 6) is 0.0467. The van der Waals surface area contributed by atoms with E-state index >= 15 is 0 Å². The van der Waals surface area contributed by atoms with Gasteiger partial charge in [0.15, 0.2) is 0 Å². The highest BCUT2D eigenvalue weighted by molar-refractivity contribution is 6.31. The summed E-state index contributed by atoms with van der Waals surface area (Å²) in [6.45, 7) is 3.88. The number of hydrogen-bond donors (Lipinski definition) is 0. The largest absolute Gasteiger partial charge is 0.489 e. The monoisotopic (exact) mass is 357 g/mol. The fourth-order valence-corrected chi connectivity index (χ4v) is 2.33. The number of benzene rings is 2. The molecule has 0 heterocycles. The van der Waals surface area contributed by atoms with Crippen LogP contribution in [0.5, 0.6) is 11.5 Å². The van der Waals surface area contributed by atoms with E-state index in [1.54, 1.807) is 42.5 Å². The van der Waals surface area contributed by atoms with E-state index in [0.717, 1.165) is 0 Å². The standard InChI is InChI=1S/C19H16ClNO4/c1-3-10-24-14-9-8-13(12-21)17(11-14)25-18(19(22)23-2)15-6-4-5-7-16(15)20/h3-9,11,18H,1,10H2,2H3. The molecule has 1 unspecified atom stereocenters. The number of ether oxygens (including phenoxy) is 3. The number of carbonyl (C=O) groups is 1. The zero-order valence-electron chi connectivity index (χ0n) is 13.6. The van der Waals surface area contributed by atoms with Gasteiger partial charge in [0.2, 0.25) is 6.10 Å². The molecule has 2 aromatic rings. The normalized spacial score (nSPS) is 11.1. The maximum Gasteiger partial charge on any atom is 0.351 e. The van der Waals surface area contributed by atoms with Crippen LogP contribution in [0.2, 0.25) is 5.02 Å². The summed E-state index contributed by atoms with van der Waals surface area (Å²) < 4.78 is 16.0. The highest BCUT2D eigenvalue weighted by Gasteiger charge is 2.27. The van der Waals surface area contributed by atoms with Crippen LogP contribution in [0.1, 0.15) is 17.2 Å². The van der Waals surface area contributed by atoms with Gasteiger partial charge in [0.05, 0.1) is 12.7 Å². The Morgan fingerprint density at radius 1 is 1.36 bits per heavy atom. The molecule has 0 saturated heterocycles. The van der Waals surface area contributed by atoms with Crippen LogP contribution < -0.4 is 9.47 Å². The van der Waals surface area contributed by atoms with Crippen molar-refractivity contribution in [3.63, 3.8) is 0 Å². The number of halogens is 1. The van der Waals surface area contributed by atoms with Crippen LogP contribution >= 0.6 is 11.6 Å². The lowest BCUT2D eigenvalue weighted by atomic mass is 10.1. The quantitative estimate of drug-likeness (QED) is 0.552. The minimum atomic E-state index is -1.11. The van der Waals surface area contributed by atoms with Crippen molar-refractivity contribution < 1.29 is 19.0 Å². The summed E-state index contributed by atoms with van der Waals surface area (Å²) in [7, 11) is 1.25. The van der Waals surface area contributed by atoms with Crippen LogP contribution in [0.15, 0.2) is 55.1 Å². The molecule has 2 rings (SSSR count). The fourth-order valence-electron chi connectivity index (χ4n) is 2.10. The van der Waals surface area contributed by atoms with Crippen molar-refractivity contribution in [2.75, 3.05) is 13.7 Å². The lowest BCUT2D eigenvalue weighted by Crippen LogP contribution is -2.21. The predicted octanol–water partition coefficient (Wildman–Crippen LogP) is 4.07. The number of nitriles is 1. The van der Waals surface area contributed by atoms with Gasteiger partial charge >= 0.3 is 5.97 Å². The molecular weight excluding hydrogens is 342 g/mol. The number of esters is 1. The maximum atomic E-state index is 12.2. The Bertz CT molecular complexity index is 813. The molecule has 0 aliphatic carbocycles. The van der Waals surface area contributed by atoms with Crippen LogP contribution in [-0.4, -0.2) is 19.7 Å². The summed E-state index contributed by atoms with van der Waals surface area (Å²) in [4.78, 5) is 12.2. The van der Waals surface area contributed by atoms with Crippen LogP contribution in [0.4, 0.5) is 0 Å². The second kappa shape index (κ2) is 8.76. The highest BCUT2D eigenvalue weighted by atomic mass is 35.5. The Kier molecular flexibility index (Phi) is 6.44. The first-order chi connectivity index (χ1) is 12.1. The van der Waals surface area contributed by atoms with Crippen molar-refractivity contribution in [1.82, 2.24) is 0 Å². The Hall–Kier alpha value is -2.97. The van der Waals surface area contributed by atoms with E-state index in [-0.39, 0.29) is 11.3 Å². The first-order valence-electron chi connectivity index (χ1n) is 7.37. The predicted molar refractivity (Wildman–Crippen MR) is 93.7 cm³/mol. The molecule has 5 nitrogen and oxygen atoms in total. The van der Waals surface area contributed by atoms with Crippen LogP contribution in [0, 0.1) is 11.3 Å². The average molecular weight is 358 g/mol. The first kappa shape index (κ1) is 18.4. The lowest BCUT2D eigenvalue weighted by molar-refractivity contribution is -0.149. The van der Waals surface area contributed by atoms with Crippen LogP contribution in [0.25, 0.3) is 0 Å². The van der Waals surface area contributed by atoms with Gasteiger partial charge in [-0.1, -0.05) is 42.5 Å². The second-order valence-corrected chi connectivity index (χ2v) is 5.32. The minimum absolute atomic E-state index is 0.194. The van der Waals surface area contributed by atoms with Crippen LogP contribution in [-0.2, 0) is 9.53 Å². The van der Waals surface area contributed by atoms with Crippen molar-refractivity contribution in [3.8, 4) is 17.6 Å². The molecule has 0 fully saturated rings. The maximum absolute atomic E-state index is 12.2. The number of carbonyl (C=O) groups excluding carboxylic acids is 1. The molecule has 0 aromatic heterocycles.